The summed E-state index contributed by atoms with van der Waals surface area (Å²) in [6, 6.07) is 5.63. The molecular weight excluding hydrogens is 283 g/mol. The Bertz CT molecular complexity index is 524. The van der Waals surface area contributed by atoms with Crippen LogP contribution in [-0.4, -0.2) is 18.4 Å². The molecule has 1 atom stereocenters. The number of benzene rings is 1. The first kappa shape index (κ1) is 18.1. The molecule has 4 nitrogen and oxygen atoms in total. The van der Waals surface area contributed by atoms with Crippen LogP contribution in [0, 0.1) is 17.2 Å². The molecule has 0 fully saturated rings. The first-order chi connectivity index (χ1) is 10.2. The second-order valence-electron chi connectivity index (χ2n) is 6.91. The summed E-state index contributed by atoms with van der Waals surface area (Å²) in [5.74, 6) is -0.683. The van der Waals surface area contributed by atoms with Crippen molar-refractivity contribution in [2.45, 2.75) is 40.5 Å². The third-order valence-corrected chi connectivity index (χ3v) is 3.05. The van der Waals surface area contributed by atoms with Gasteiger partial charge >= 0.3 is 0 Å². The largest absolute Gasteiger partial charge is 0.347 e. The van der Waals surface area contributed by atoms with E-state index in [1.54, 1.807) is 6.07 Å². The Balaban J connectivity index is 2.33. The number of hydrogen-bond donors (Lipinski definition) is 2. The maximum absolute atomic E-state index is 13.0. The van der Waals surface area contributed by atoms with Crippen LogP contribution in [0.5, 0.6) is 0 Å². The Hall–Kier alpha value is -1.91. The Morgan fingerprint density at radius 2 is 1.91 bits per heavy atom. The van der Waals surface area contributed by atoms with E-state index < -0.39 is 5.82 Å². The van der Waals surface area contributed by atoms with Gasteiger partial charge in [0, 0.05) is 12.1 Å². The van der Waals surface area contributed by atoms with Crippen molar-refractivity contribution in [3.8, 4) is 0 Å². The van der Waals surface area contributed by atoms with Crippen molar-refractivity contribution >= 4 is 17.5 Å². The molecule has 1 aromatic rings. The minimum Gasteiger partial charge on any atom is -0.347 e. The normalized spacial score (nSPS) is 12.6. The lowest BCUT2D eigenvalue weighted by Crippen LogP contribution is -2.33. The van der Waals surface area contributed by atoms with Gasteiger partial charge in [0.15, 0.2) is 0 Å². The molecule has 2 amide bonds. The number of hydrogen-bond acceptors (Lipinski definition) is 2. The fourth-order valence-electron chi connectivity index (χ4n) is 2.46. The SMILES string of the molecule is CC(CC(=O)NCC(=O)Nc1cccc(F)c1)CC(C)(C)C. The first-order valence-corrected chi connectivity index (χ1v) is 7.48. The third-order valence-electron chi connectivity index (χ3n) is 3.05. The van der Waals surface area contributed by atoms with Crippen LogP contribution in [0.1, 0.15) is 40.5 Å². The first-order valence-electron chi connectivity index (χ1n) is 7.48. The molecule has 0 aliphatic rings. The van der Waals surface area contributed by atoms with Gasteiger partial charge in [-0.1, -0.05) is 33.8 Å². The zero-order valence-corrected chi connectivity index (χ0v) is 13.7. The molecule has 0 aromatic heterocycles. The van der Waals surface area contributed by atoms with Gasteiger partial charge in [0.25, 0.3) is 0 Å². The fraction of sp³-hybridized carbons (Fsp3) is 0.529. The van der Waals surface area contributed by atoms with E-state index in [4.69, 9.17) is 0 Å². The van der Waals surface area contributed by atoms with Gasteiger partial charge in [-0.05, 0) is 36.0 Å². The fourth-order valence-corrected chi connectivity index (χ4v) is 2.46. The third kappa shape index (κ3) is 7.76. The van der Waals surface area contributed by atoms with Crippen LogP contribution in [0.15, 0.2) is 24.3 Å². The van der Waals surface area contributed by atoms with Gasteiger partial charge in [0.05, 0.1) is 6.54 Å². The summed E-state index contributed by atoms with van der Waals surface area (Å²) < 4.78 is 13.0. The minimum absolute atomic E-state index is 0.114. The molecule has 0 heterocycles. The van der Waals surface area contributed by atoms with Crippen molar-refractivity contribution in [3.05, 3.63) is 30.1 Å². The Morgan fingerprint density at radius 1 is 1.23 bits per heavy atom. The molecule has 0 saturated carbocycles. The van der Waals surface area contributed by atoms with Crippen LogP contribution in [0.3, 0.4) is 0 Å². The number of nitrogens with one attached hydrogen (secondary N) is 2. The molecule has 1 aromatic carbocycles. The zero-order chi connectivity index (χ0) is 16.8. The molecule has 0 bridgehead atoms. The molecule has 1 unspecified atom stereocenters. The molecule has 0 aliphatic carbocycles. The number of rotatable bonds is 6. The second-order valence-corrected chi connectivity index (χ2v) is 6.91. The molecular formula is C17H25FN2O2. The molecule has 0 saturated heterocycles. The zero-order valence-electron chi connectivity index (χ0n) is 13.7. The van der Waals surface area contributed by atoms with E-state index in [0.717, 1.165) is 6.42 Å². The van der Waals surface area contributed by atoms with Gasteiger partial charge in [-0.25, -0.2) is 4.39 Å². The van der Waals surface area contributed by atoms with Crippen molar-refractivity contribution in [2.75, 3.05) is 11.9 Å². The monoisotopic (exact) mass is 308 g/mol. The lowest BCUT2D eigenvalue weighted by molar-refractivity contribution is -0.124. The summed E-state index contributed by atoms with van der Waals surface area (Å²) in [4.78, 5) is 23.5. The Kier molecular flexibility index (Phi) is 6.53. The molecule has 2 N–H and O–H groups in total. The topological polar surface area (TPSA) is 58.2 Å². The molecule has 0 aliphatic heterocycles. The van der Waals surface area contributed by atoms with E-state index in [2.05, 4.69) is 31.4 Å². The van der Waals surface area contributed by atoms with Gasteiger partial charge < -0.3 is 10.6 Å². The number of carbonyl (C=O) groups excluding carboxylic acids is 2. The van der Waals surface area contributed by atoms with Crippen molar-refractivity contribution in [2.24, 2.45) is 11.3 Å². The van der Waals surface area contributed by atoms with Crippen molar-refractivity contribution in [1.82, 2.24) is 5.32 Å². The van der Waals surface area contributed by atoms with E-state index in [-0.39, 0.29) is 29.7 Å². The van der Waals surface area contributed by atoms with Crippen LogP contribution in [0.4, 0.5) is 10.1 Å². The second kappa shape index (κ2) is 7.92. The summed E-state index contributed by atoms with van der Waals surface area (Å²) >= 11 is 0. The molecule has 0 spiro atoms. The number of anilines is 1. The molecule has 122 valence electrons. The van der Waals surface area contributed by atoms with Crippen LogP contribution in [0.2, 0.25) is 0 Å². The van der Waals surface area contributed by atoms with Crippen molar-refractivity contribution in [3.63, 3.8) is 0 Å². The Morgan fingerprint density at radius 3 is 2.50 bits per heavy atom. The Labute approximate surface area is 131 Å². The van der Waals surface area contributed by atoms with E-state index in [1.807, 2.05) is 6.92 Å². The van der Waals surface area contributed by atoms with Gasteiger partial charge in [-0.3, -0.25) is 9.59 Å². The minimum atomic E-state index is -0.419. The van der Waals surface area contributed by atoms with Gasteiger partial charge in [0.2, 0.25) is 11.8 Å². The highest BCUT2D eigenvalue weighted by molar-refractivity contribution is 5.94. The number of carbonyl (C=O) groups is 2. The highest BCUT2D eigenvalue weighted by Crippen LogP contribution is 2.25. The quantitative estimate of drug-likeness (QED) is 0.847. The molecule has 0 radical (unpaired) electrons. The average molecular weight is 308 g/mol. The van der Waals surface area contributed by atoms with Crippen molar-refractivity contribution < 1.29 is 14.0 Å². The highest BCUT2D eigenvalue weighted by Gasteiger charge is 2.18. The number of amides is 2. The van der Waals surface area contributed by atoms with E-state index in [0.29, 0.717) is 12.1 Å². The summed E-state index contributed by atoms with van der Waals surface area (Å²) in [6.45, 7) is 8.31. The van der Waals surface area contributed by atoms with Gasteiger partial charge in [-0.15, -0.1) is 0 Å². The summed E-state index contributed by atoms with van der Waals surface area (Å²) in [7, 11) is 0. The van der Waals surface area contributed by atoms with E-state index >= 15 is 0 Å². The summed E-state index contributed by atoms with van der Waals surface area (Å²) in [5.41, 5.74) is 0.550. The standard InChI is InChI=1S/C17H25FN2O2/c1-12(10-17(2,3)4)8-15(21)19-11-16(22)20-14-7-5-6-13(18)9-14/h5-7,9,12H,8,10-11H2,1-4H3,(H,19,21)(H,20,22). The lowest BCUT2D eigenvalue weighted by Gasteiger charge is -2.22. The van der Waals surface area contributed by atoms with Crippen molar-refractivity contribution in [1.29, 1.82) is 0 Å². The highest BCUT2D eigenvalue weighted by atomic mass is 19.1. The average Bonchev–Trinajstić information content (AvgIpc) is 2.34. The maximum Gasteiger partial charge on any atom is 0.243 e. The molecule has 22 heavy (non-hydrogen) atoms. The van der Waals surface area contributed by atoms with Gasteiger partial charge in [-0.2, -0.15) is 0 Å². The smallest absolute Gasteiger partial charge is 0.243 e. The molecule has 5 heteroatoms. The molecule has 1 rings (SSSR count). The lowest BCUT2D eigenvalue weighted by atomic mass is 9.84. The predicted molar refractivity (Wildman–Crippen MR) is 85.9 cm³/mol. The predicted octanol–water partition coefficient (Wildman–Crippen LogP) is 3.34. The van der Waals surface area contributed by atoms with Crippen LogP contribution >= 0.6 is 0 Å². The number of halogens is 1. The summed E-state index contributed by atoms with van der Waals surface area (Å²) in [5, 5.41) is 5.13. The summed E-state index contributed by atoms with van der Waals surface area (Å²) in [6.07, 6.45) is 1.33. The maximum atomic E-state index is 13.0. The van der Waals surface area contributed by atoms with E-state index in [1.165, 1.54) is 18.2 Å². The van der Waals surface area contributed by atoms with Gasteiger partial charge in [0.1, 0.15) is 5.82 Å². The van der Waals surface area contributed by atoms with Crippen LogP contribution in [0.25, 0.3) is 0 Å². The van der Waals surface area contributed by atoms with Crippen LogP contribution in [-0.2, 0) is 9.59 Å². The van der Waals surface area contributed by atoms with Crippen LogP contribution < -0.4 is 10.6 Å². The van der Waals surface area contributed by atoms with E-state index in [9.17, 15) is 14.0 Å².